The van der Waals surface area contributed by atoms with Gasteiger partial charge in [0.15, 0.2) is 0 Å². The molecule has 0 unspecified atom stereocenters. The highest BCUT2D eigenvalue weighted by Crippen LogP contribution is 2.16. The Labute approximate surface area is 147 Å². The van der Waals surface area contributed by atoms with Gasteiger partial charge in [-0.2, -0.15) is 0 Å². The second-order valence-electron chi connectivity index (χ2n) is 5.83. The summed E-state index contributed by atoms with van der Waals surface area (Å²) >= 11 is 0. The first-order chi connectivity index (χ1) is 12.3. The van der Waals surface area contributed by atoms with Gasteiger partial charge in [-0.25, -0.2) is 9.97 Å². The Bertz CT molecular complexity index is 687. The van der Waals surface area contributed by atoms with Crippen molar-refractivity contribution in [2.75, 3.05) is 44.7 Å². The van der Waals surface area contributed by atoms with Gasteiger partial charge in [-0.3, -0.25) is 4.79 Å². The molecule has 0 aliphatic carbocycles. The number of nitrogens with one attached hydrogen (secondary N) is 1. The zero-order valence-corrected chi connectivity index (χ0v) is 14.4. The van der Waals surface area contributed by atoms with Crippen LogP contribution in [0.1, 0.15) is 5.56 Å². The maximum Gasteiger partial charge on any atom is 0.236 e. The first-order valence-electron chi connectivity index (χ1n) is 8.40. The van der Waals surface area contributed by atoms with Crippen LogP contribution in [-0.4, -0.2) is 60.6 Å². The Kier molecular flexibility index (Phi) is 5.79. The van der Waals surface area contributed by atoms with Crippen molar-refractivity contribution in [1.82, 2.24) is 20.2 Å². The molecule has 132 valence electrons. The normalized spacial score (nSPS) is 14.4. The third-order valence-corrected chi connectivity index (χ3v) is 4.25. The van der Waals surface area contributed by atoms with Crippen LogP contribution in [0, 0.1) is 0 Å². The van der Waals surface area contributed by atoms with Gasteiger partial charge < -0.3 is 19.9 Å². The van der Waals surface area contributed by atoms with Gasteiger partial charge in [-0.1, -0.05) is 18.2 Å². The summed E-state index contributed by atoms with van der Waals surface area (Å²) in [7, 11) is 1.65. The molecule has 0 radical (unpaired) electrons. The van der Waals surface area contributed by atoms with Crippen molar-refractivity contribution in [1.29, 1.82) is 0 Å². The molecule has 1 N–H and O–H groups in total. The lowest BCUT2D eigenvalue weighted by molar-refractivity contribution is -0.130. The molecule has 25 heavy (non-hydrogen) atoms. The van der Waals surface area contributed by atoms with Crippen molar-refractivity contribution >= 4 is 11.9 Å². The SMILES string of the molecule is COc1ccccc1CNCC(=O)N1CCN(c2ncccn2)CC1. The van der Waals surface area contributed by atoms with Gasteiger partial charge >= 0.3 is 0 Å². The molecule has 2 heterocycles. The number of methoxy groups -OCH3 is 1. The number of carbonyl (C=O) groups is 1. The minimum Gasteiger partial charge on any atom is -0.496 e. The summed E-state index contributed by atoms with van der Waals surface area (Å²) in [4.78, 5) is 24.9. The topological polar surface area (TPSA) is 70.6 Å². The highest BCUT2D eigenvalue weighted by Gasteiger charge is 2.22. The van der Waals surface area contributed by atoms with Crippen molar-refractivity contribution in [2.24, 2.45) is 0 Å². The number of carbonyl (C=O) groups excluding carboxylic acids is 1. The van der Waals surface area contributed by atoms with E-state index < -0.39 is 0 Å². The van der Waals surface area contributed by atoms with Crippen LogP contribution in [0.25, 0.3) is 0 Å². The first kappa shape index (κ1) is 17.2. The molecule has 2 aromatic rings. The summed E-state index contributed by atoms with van der Waals surface area (Å²) in [5.41, 5.74) is 1.05. The number of aromatic nitrogens is 2. The largest absolute Gasteiger partial charge is 0.496 e. The van der Waals surface area contributed by atoms with Crippen LogP contribution < -0.4 is 15.0 Å². The summed E-state index contributed by atoms with van der Waals surface area (Å²) in [6, 6.07) is 9.62. The summed E-state index contributed by atoms with van der Waals surface area (Å²) in [6.07, 6.45) is 3.48. The molecule has 0 atom stereocenters. The molecule has 1 aromatic heterocycles. The molecule has 1 fully saturated rings. The van der Waals surface area contributed by atoms with Crippen molar-refractivity contribution in [2.45, 2.75) is 6.54 Å². The summed E-state index contributed by atoms with van der Waals surface area (Å²) in [6.45, 7) is 3.80. The molecule has 7 nitrogen and oxygen atoms in total. The molecule has 1 aliphatic heterocycles. The quantitative estimate of drug-likeness (QED) is 0.843. The molecule has 3 rings (SSSR count). The molecule has 0 bridgehead atoms. The summed E-state index contributed by atoms with van der Waals surface area (Å²) < 4.78 is 5.32. The molecule has 1 amide bonds. The lowest BCUT2D eigenvalue weighted by atomic mass is 10.2. The van der Waals surface area contributed by atoms with Crippen LogP contribution >= 0.6 is 0 Å². The number of amides is 1. The van der Waals surface area contributed by atoms with Crippen LogP contribution in [0.15, 0.2) is 42.7 Å². The molecule has 0 spiro atoms. The van der Waals surface area contributed by atoms with E-state index in [4.69, 9.17) is 4.74 Å². The maximum atomic E-state index is 12.4. The molecule has 7 heteroatoms. The minimum atomic E-state index is 0.114. The number of piperazine rings is 1. The third-order valence-electron chi connectivity index (χ3n) is 4.25. The van der Waals surface area contributed by atoms with E-state index in [-0.39, 0.29) is 5.91 Å². The van der Waals surface area contributed by atoms with E-state index in [2.05, 4.69) is 20.2 Å². The Morgan fingerprint density at radius 3 is 2.56 bits per heavy atom. The van der Waals surface area contributed by atoms with Gasteiger partial charge in [0.25, 0.3) is 0 Å². The number of hydrogen-bond donors (Lipinski definition) is 1. The predicted molar refractivity (Wildman–Crippen MR) is 95.5 cm³/mol. The zero-order valence-electron chi connectivity index (χ0n) is 14.4. The number of hydrogen-bond acceptors (Lipinski definition) is 6. The number of para-hydroxylation sites is 1. The van der Waals surface area contributed by atoms with Gasteiger partial charge in [-0.05, 0) is 12.1 Å². The smallest absolute Gasteiger partial charge is 0.236 e. The Morgan fingerprint density at radius 2 is 1.84 bits per heavy atom. The third kappa shape index (κ3) is 4.45. The average molecular weight is 341 g/mol. The highest BCUT2D eigenvalue weighted by molar-refractivity contribution is 5.78. The zero-order chi connectivity index (χ0) is 17.5. The van der Waals surface area contributed by atoms with E-state index in [0.717, 1.165) is 30.4 Å². The predicted octanol–water partition coefficient (Wildman–Crippen LogP) is 0.924. The fraction of sp³-hybridized carbons (Fsp3) is 0.389. The van der Waals surface area contributed by atoms with Crippen LogP contribution in [0.5, 0.6) is 5.75 Å². The van der Waals surface area contributed by atoms with E-state index in [1.165, 1.54) is 0 Å². The molecule has 1 saturated heterocycles. The second kappa shape index (κ2) is 8.43. The van der Waals surface area contributed by atoms with Gasteiger partial charge in [0, 0.05) is 50.7 Å². The van der Waals surface area contributed by atoms with Crippen LogP contribution in [0.3, 0.4) is 0 Å². The molecule has 0 saturated carbocycles. The molecular formula is C18H23N5O2. The fourth-order valence-corrected chi connectivity index (χ4v) is 2.88. The molecule has 1 aliphatic rings. The van der Waals surface area contributed by atoms with E-state index in [1.54, 1.807) is 25.6 Å². The Balaban J connectivity index is 1.44. The van der Waals surface area contributed by atoms with E-state index >= 15 is 0 Å². The van der Waals surface area contributed by atoms with Gasteiger partial charge in [0.2, 0.25) is 11.9 Å². The molecule has 1 aromatic carbocycles. The standard InChI is InChI=1S/C18H23N5O2/c1-25-16-6-3-2-5-15(16)13-19-14-17(24)22-9-11-23(12-10-22)18-20-7-4-8-21-18/h2-8,19H,9-14H2,1H3. The van der Waals surface area contributed by atoms with Gasteiger partial charge in [-0.15, -0.1) is 0 Å². The maximum absolute atomic E-state index is 12.4. The average Bonchev–Trinajstić information content (AvgIpc) is 2.69. The Hall–Kier alpha value is -2.67. The Morgan fingerprint density at radius 1 is 1.12 bits per heavy atom. The number of rotatable bonds is 6. The minimum absolute atomic E-state index is 0.114. The molecular weight excluding hydrogens is 318 g/mol. The monoisotopic (exact) mass is 341 g/mol. The highest BCUT2D eigenvalue weighted by atomic mass is 16.5. The van der Waals surface area contributed by atoms with Crippen molar-refractivity contribution in [3.05, 3.63) is 48.3 Å². The van der Waals surface area contributed by atoms with Gasteiger partial charge in [0.1, 0.15) is 5.75 Å². The van der Waals surface area contributed by atoms with Crippen molar-refractivity contribution in [3.8, 4) is 5.75 Å². The van der Waals surface area contributed by atoms with E-state index in [9.17, 15) is 4.79 Å². The van der Waals surface area contributed by atoms with Crippen LogP contribution in [0.4, 0.5) is 5.95 Å². The number of benzene rings is 1. The van der Waals surface area contributed by atoms with Crippen molar-refractivity contribution < 1.29 is 9.53 Å². The van der Waals surface area contributed by atoms with E-state index in [0.29, 0.717) is 26.2 Å². The summed E-state index contributed by atoms with van der Waals surface area (Å²) in [5, 5.41) is 3.21. The fourth-order valence-electron chi connectivity index (χ4n) is 2.88. The lowest BCUT2D eigenvalue weighted by Gasteiger charge is -2.34. The number of anilines is 1. The second-order valence-corrected chi connectivity index (χ2v) is 5.83. The van der Waals surface area contributed by atoms with E-state index in [1.807, 2.05) is 29.2 Å². The summed E-state index contributed by atoms with van der Waals surface area (Å²) in [5.74, 6) is 1.67. The van der Waals surface area contributed by atoms with Crippen LogP contribution in [0.2, 0.25) is 0 Å². The van der Waals surface area contributed by atoms with Crippen LogP contribution in [-0.2, 0) is 11.3 Å². The first-order valence-corrected chi connectivity index (χ1v) is 8.40. The lowest BCUT2D eigenvalue weighted by Crippen LogP contribution is -2.51. The van der Waals surface area contributed by atoms with Gasteiger partial charge in [0.05, 0.1) is 13.7 Å². The van der Waals surface area contributed by atoms with Crippen molar-refractivity contribution in [3.63, 3.8) is 0 Å². The number of nitrogens with zero attached hydrogens (tertiary/aromatic N) is 4. The number of ether oxygens (including phenoxy) is 1.